The Morgan fingerprint density at radius 1 is 1.09 bits per heavy atom. The zero-order valence-electron chi connectivity index (χ0n) is 11.3. The van der Waals surface area contributed by atoms with E-state index in [2.05, 4.69) is 0 Å². The third-order valence-electron chi connectivity index (χ3n) is 2.75. The number of hydrogen-bond donors (Lipinski definition) is 2. The van der Waals surface area contributed by atoms with Gasteiger partial charge in [0.25, 0.3) is 0 Å². The summed E-state index contributed by atoms with van der Waals surface area (Å²) in [6, 6.07) is 5.26. The first kappa shape index (κ1) is 16.8. The maximum absolute atomic E-state index is 12.9. The molecule has 0 amide bonds. The van der Waals surface area contributed by atoms with Crippen LogP contribution in [0.3, 0.4) is 0 Å². The van der Waals surface area contributed by atoms with Crippen LogP contribution in [-0.2, 0) is 14.6 Å². The van der Waals surface area contributed by atoms with Gasteiger partial charge in [0.1, 0.15) is 10.0 Å². The van der Waals surface area contributed by atoms with Crippen LogP contribution >= 0.6 is 11.3 Å². The van der Waals surface area contributed by atoms with Crippen LogP contribution in [0.1, 0.15) is 10.4 Å². The molecule has 1 heterocycles. The largest absolute Gasteiger partial charge is 0.502 e. The summed E-state index contributed by atoms with van der Waals surface area (Å²) in [5.74, 6) is -4.49. The second kappa shape index (κ2) is 6.31. The molecule has 1 aromatic heterocycles. The number of carbonyl (C=O) groups excluding carboxylic acids is 1. The Morgan fingerprint density at radius 3 is 2.26 bits per heavy atom. The zero-order valence-corrected chi connectivity index (χ0v) is 12.9. The Hall–Kier alpha value is -2.52. The fourth-order valence-electron chi connectivity index (χ4n) is 1.67. The van der Waals surface area contributed by atoms with Gasteiger partial charge in [0.2, 0.25) is 15.6 Å². The predicted molar refractivity (Wildman–Crippen MR) is 78.8 cm³/mol. The normalized spacial score (nSPS) is 12.1. The number of halogens is 1. The molecule has 0 aliphatic carbocycles. The lowest BCUT2D eigenvalue weighted by molar-refractivity contribution is -0.135. The molecule has 120 valence electrons. The van der Waals surface area contributed by atoms with Gasteiger partial charge in [-0.1, -0.05) is 0 Å². The molecule has 0 fully saturated rings. The third kappa shape index (κ3) is 3.46. The SMILES string of the molecule is O=C(O)/C(O)=C/C(=O)c1ccsc1S(=O)(=O)c1ccc(F)cc1. The van der Waals surface area contributed by atoms with Crippen LogP contribution < -0.4 is 0 Å². The third-order valence-corrected chi connectivity index (χ3v) is 6.00. The van der Waals surface area contributed by atoms with Gasteiger partial charge in [-0.15, -0.1) is 11.3 Å². The van der Waals surface area contributed by atoms with Crippen molar-refractivity contribution in [3.05, 3.63) is 58.9 Å². The topological polar surface area (TPSA) is 109 Å². The van der Waals surface area contributed by atoms with E-state index < -0.39 is 33.2 Å². The molecule has 0 bridgehead atoms. The fourth-order valence-corrected chi connectivity index (χ4v) is 4.42. The van der Waals surface area contributed by atoms with E-state index in [-0.39, 0.29) is 14.7 Å². The first-order chi connectivity index (χ1) is 10.7. The second-order valence-corrected chi connectivity index (χ2v) is 7.34. The average Bonchev–Trinajstić information content (AvgIpc) is 2.97. The molecule has 2 aromatic rings. The first-order valence-electron chi connectivity index (χ1n) is 6.00. The summed E-state index contributed by atoms with van der Waals surface area (Å²) in [5.41, 5.74) is -0.271. The highest BCUT2D eigenvalue weighted by molar-refractivity contribution is 7.93. The average molecular weight is 356 g/mol. The monoisotopic (exact) mass is 356 g/mol. The molecule has 2 rings (SSSR count). The maximum Gasteiger partial charge on any atom is 0.371 e. The second-order valence-electron chi connectivity index (χ2n) is 4.28. The van der Waals surface area contributed by atoms with Crippen LogP contribution in [0.4, 0.5) is 4.39 Å². The maximum atomic E-state index is 12.9. The number of aliphatic hydroxyl groups excluding tert-OH is 1. The van der Waals surface area contributed by atoms with Gasteiger partial charge in [-0.3, -0.25) is 4.79 Å². The number of thiophene rings is 1. The number of aliphatic hydroxyl groups is 1. The Balaban J connectivity index is 2.49. The van der Waals surface area contributed by atoms with Crippen molar-refractivity contribution in [3.63, 3.8) is 0 Å². The number of hydrogen-bond acceptors (Lipinski definition) is 6. The minimum absolute atomic E-state index is 0.207. The number of carbonyl (C=O) groups is 2. The van der Waals surface area contributed by atoms with Gasteiger partial charge >= 0.3 is 5.97 Å². The number of carboxylic acid groups (broad SMARTS) is 1. The zero-order chi connectivity index (χ0) is 17.2. The molecule has 0 aliphatic heterocycles. The summed E-state index contributed by atoms with van der Waals surface area (Å²) in [6.07, 6.45) is 0.425. The van der Waals surface area contributed by atoms with Crippen molar-refractivity contribution in [2.24, 2.45) is 0 Å². The van der Waals surface area contributed by atoms with Crippen LogP contribution in [0, 0.1) is 5.82 Å². The number of rotatable bonds is 5. The summed E-state index contributed by atoms with van der Waals surface area (Å²) in [4.78, 5) is 22.3. The van der Waals surface area contributed by atoms with Crippen molar-refractivity contribution < 1.29 is 32.6 Å². The van der Waals surface area contributed by atoms with Gasteiger partial charge in [-0.05, 0) is 35.7 Å². The van der Waals surface area contributed by atoms with Crippen LogP contribution in [0.5, 0.6) is 0 Å². The standard InChI is InChI=1S/C14H9FO6S2/c15-8-1-3-9(4-2-8)23(20,21)14-10(5-6-22-14)11(16)7-12(17)13(18)19/h1-7,17H,(H,18,19)/b12-7-. The lowest BCUT2D eigenvalue weighted by Crippen LogP contribution is -2.08. The molecule has 0 saturated carbocycles. The molecular weight excluding hydrogens is 347 g/mol. The number of carboxylic acids is 1. The number of allylic oxidation sites excluding steroid dienone is 1. The first-order valence-corrected chi connectivity index (χ1v) is 8.36. The van der Waals surface area contributed by atoms with Gasteiger partial charge in [-0.2, -0.15) is 0 Å². The molecule has 9 heteroatoms. The van der Waals surface area contributed by atoms with Crippen LogP contribution in [0.15, 0.2) is 56.7 Å². The summed E-state index contributed by atoms with van der Waals surface area (Å²) in [5, 5.41) is 19.0. The lowest BCUT2D eigenvalue weighted by Gasteiger charge is -2.04. The molecule has 0 aliphatic rings. The minimum Gasteiger partial charge on any atom is -0.502 e. The summed E-state index contributed by atoms with van der Waals surface area (Å²) in [6.45, 7) is 0. The van der Waals surface area contributed by atoms with Gasteiger partial charge in [0.15, 0.2) is 5.78 Å². The van der Waals surface area contributed by atoms with E-state index in [0.29, 0.717) is 6.08 Å². The highest BCUT2D eigenvalue weighted by Crippen LogP contribution is 2.29. The van der Waals surface area contributed by atoms with Gasteiger partial charge in [0.05, 0.1) is 10.5 Å². The van der Waals surface area contributed by atoms with Gasteiger partial charge < -0.3 is 10.2 Å². The molecule has 0 spiro atoms. The minimum atomic E-state index is -4.07. The Labute approximate surface area is 134 Å². The van der Waals surface area contributed by atoms with E-state index in [0.717, 1.165) is 35.6 Å². The van der Waals surface area contributed by atoms with Crippen LogP contribution in [-0.4, -0.2) is 30.4 Å². The van der Waals surface area contributed by atoms with E-state index >= 15 is 0 Å². The van der Waals surface area contributed by atoms with Crippen molar-refractivity contribution in [2.45, 2.75) is 9.10 Å². The molecular formula is C14H9FO6S2. The predicted octanol–water partition coefficient (Wildman–Crippen LogP) is 2.43. The molecule has 0 atom stereocenters. The lowest BCUT2D eigenvalue weighted by atomic mass is 10.2. The van der Waals surface area contributed by atoms with Crippen molar-refractivity contribution in [2.75, 3.05) is 0 Å². The molecule has 1 aromatic carbocycles. The van der Waals surface area contributed by atoms with E-state index in [1.165, 1.54) is 11.4 Å². The number of ketones is 1. The fraction of sp³-hybridized carbons (Fsp3) is 0. The van der Waals surface area contributed by atoms with Crippen molar-refractivity contribution in [1.29, 1.82) is 0 Å². The molecule has 0 unspecified atom stereocenters. The molecule has 23 heavy (non-hydrogen) atoms. The number of sulfone groups is 1. The highest BCUT2D eigenvalue weighted by Gasteiger charge is 2.26. The Kier molecular flexibility index (Phi) is 4.62. The van der Waals surface area contributed by atoms with E-state index in [1.54, 1.807) is 0 Å². The number of aliphatic carboxylic acids is 1. The van der Waals surface area contributed by atoms with E-state index in [1.807, 2.05) is 0 Å². The Morgan fingerprint density at radius 2 is 1.70 bits per heavy atom. The summed E-state index contributed by atoms with van der Waals surface area (Å²) in [7, 11) is -4.07. The smallest absolute Gasteiger partial charge is 0.371 e. The molecule has 2 N–H and O–H groups in total. The van der Waals surface area contributed by atoms with Crippen molar-refractivity contribution in [1.82, 2.24) is 0 Å². The van der Waals surface area contributed by atoms with Crippen LogP contribution in [0.2, 0.25) is 0 Å². The van der Waals surface area contributed by atoms with Crippen molar-refractivity contribution >= 4 is 32.9 Å². The molecule has 6 nitrogen and oxygen atoms in total. The Bertz CT molecular complexity index is 894. The molecule has 0 radical (unpaired) electrons. The van der Waals surface area contributed by atoms with Gasteiger partial charge in [-0.25, -0.2) is 17.6 Å². The van der Waals surface area contributed by atoms with Crippen molar-refractivity contribution in [3.8, 4) is 0 Å². The van der Waals surface area contributed by atoms with E-state index in [4.69, 9.17) is 10.2 Å². The number of benzene rings is 1. The van der Waals surface area contributed by atoms with Gasteiger partial charge in [0, 0.05) is 6.08 Å². The van der Waals surface area contributed by atoms with E-state index in [9.17, 15) is 22.4 Å². The summed E-state index contributed by atoms with van der Waals surface area (Å²) < 4.78 is 37.6. The summed E-state index contributed by atoms with van der Waals surface area (Å²) >= 11 is 0.758. The quantitative estimate of drug-likeness (QED) is 0.369. The van der Waals surface area contributed by atoms with Crippen LogP contribution in [0.25, 0.3) is 0 Å². The highest BCUT2D eigenvalue weighted by atomic mass is 32.2. The molecule has 0 saturated heterocycles.